The van der Waals surface area contributed by atoms with E-state index in [4.69, 9.17) is 0 Å². The fraction of sp³-hybridized carbons (Fsp3) is 0.316. The molecule has 8 heteroatoms. The van der Waals surface area contributed by atoms with Crippen molar-refractivity contribution in [1.29, 1.82) is 5.26 Å². The zero-order valence-electron chi connectivity index (χ0n) is 15.7. The van der Waals surface area contributed by atoms with Gasteiger partial charge in [-0.1, -0.05) is 45.9 Å². The molecule has 0 spiro atoms. The van der Waals surface area contributed by atoms with Crippen molar-refractivity contribution in [1.82, 2.24) is 20.0 Å². The molecule has 0 fully saturated rings. The molecule has 8 nitrogen and oxygen atoms in total. The van der Waals surface area contributed by atoms with E-state index in [1.165, 1.54) is 4.68 Å². The number of hydrogen-bond acceptors (Lipinski definition) is 5. The number of hydrogen-bond donors (Lipinski definition) is 2. The van der Waals surface area contributed by atoms with Gasteiger partial charge in [-0.25, -0.2) is 4.68 Å². The van der Waals surface area contributed by atoms with Crippen molar-refractivity contribution < 1.29 is 0 Å². The summed E-state index contributed by atoms with van der Waals surface area (Å²) >= 11 is 0. The lowest BCUT2D eigenvalue weighted by atomic mass is 9.91. The Bertz CT molecular complexity index is 1070. The molecular weight excluding hydrogens is 342 g/mol. The molecule has 3 aromatic rings. The first-order valence-electron chi connectivity index (χ1n) is 8.66. The Morgan fingerprint density at radius 1 is 1.22 bits per heavy atom. The Labute approximate surface area is 156 Å². The van der Waals surface area contributed by atoms with E-state index in [-0.39, 0.29) is 22.5 Å². The van der Waals surface area contributed by atoms with E-state index in [9.17, 15) is 10.1 Å². The summed E-state index contributed by atoms with van der Waals surface area (Å²) < 4.78 is 1.45. The summed E-state index contributed by atoms with van der Waals surface area (Å²) in [7, 11) is 0. The van der Waals surface area contributed by atoms with E-state index in [2.05, 4.69) is 31.6 Å². The molecule has 27 heavy (non-hydrogen) atoms. The van der Waals surface area contributed by atoms with Gasteiger partial charge in [-0.05, 0) is 18.6 Å². The summed E-state index contributed by atoms with van der Waals surface area (Å²) in [5, 5.41) is 27.5. The largest absolute Gasteiger partial charge is 0.299 e. The molecule has 0 amide bonds. The number of azo groups is 1. The highest BCUT2D eigenvalue weighted by molar-refractivity contribution is 5.51. The minimum Gasteiger partial charge on any atom is -0.292 e. The van der Waals surface area contributed by atoms with Crippen LogP contribution in [0.4, 0.5) is 11.5 Å². The van der Waals surface area contributed by atoms with Crippen LogP contribution in [0.25, 0.3) is 5.69 Å². The third kappa shape index (κ3) is 3.44. The van der Waals surface area contributed by atoms with Crippen molar-refractivity contribution in [2.45, 2.75) is 39.5 Å². The predicted molar refractivity (Wildman–Crippen MR) is 102 cm³/mol. The van der Waals surface area contributed by atoms with Gasteiger partial charge in [0.2, 0.25) is 5.82 Å². The van der Waals surface area contributed by atoms with Crippen LogP contribution in [0.3, 0.4) is 0 Å². The Kier molecular flexibility index (Phi) is 4.77. The Balaban J connectivity index is 2.13. The van der Waals surface area contributed by atoms with Gasteiger partial charge in [-0.2, -0.15) is 10.4 Å². The molecule has 0 atom stereocenters. The standard InChI is InChI=1S/C19H21N7O/c1-5-14-13(11-20)17(23-21-14)24-22-15-16(19(2,3)4)25-26(18(15)27)12-9-7-6-8-10-12/h6-10,25H,5H2,1-4H3,(H,21,23). The average molecular weight is 363 g/mol. The molecule has 2 heterocycles. The van der Waals surface area contributed by atoms with Crippen molar-refractivity contribution in [3.05, 3.63) is 57.6 Å². The summed E-state index contributed by atoms with van der Waals surface area (Å²) in [6.07, 6.45) is 0.629. The molecular formula is C19H21N7O. The van der Waals surface area contributed by atoms with E-state index in [0.717, 1.165) is 0 Å². The van der Waals surface area contributed by atoms with E-state index in [1.807, 2.05) is 58.0 Å². The van der Waals surface area contributed by atoms with Crippen LogP contribution in [0, 0.1) is 11.3 Å². The molecule has 1 aromatic carbocycles. The molecule has 2 aromatic heterocycles. The number of nitrogens with zero attached hydrogens (tertiary/aromatic N) is 5. The molecule has 2 N–H and O–H groups in total. The molecule has 0 aliphatic rings. The van der Waals surface area contributed by atoms with Crippen molar-refractivity contribution in [2.24, 2.45) is 10.2 Å². The minimum absolute atomic E-state index is 0.182. The van der Waals surface area contributed by atoms with Gasteiger partial charge in [0.15, 0.2) is 5.69 Å². The summed E-state index contributed by atoms with van der Waals surface area (Å²) in [5.74, 6) is 0.182. The fourth-order valence-corrected chi connectivity index (χ4v) is 2.71. The second kappa shape index (κ2) is 7.03. The smallest absolute Gasteiger partial charge is 0.292 e. The van der Waals surface area contributed by atoms with Crippen LogP contribution in [0.5, 0.6) is 0 Å². The second-order valence-electron chi connectivity index (χ2n) is 7.13. The highest BCUT2D eigenvalue weighted by Gasteiger charge is 2.25. The van der Waals surface area contributed by atoms with Gasteiger partial charge in [0.1, 0.15) is 11.6 Å². The first kappa shape index (κ1) is 18.3. The normalized spacial score (nSPS) is 11.8. The van der Waals surface area contributed by atoms with Crippen molar-refractivity contribution in [3.63, 3.8) is 0 Å². The second-order valence-corrected chi connectivity index (χ2v) is 7.13. The number of H-pyrrole nitrogens is 2. The summed E-state index contributed by atoms with van der Waals surface area (Å²) in [6, 6.07) is 11.3. The molecule has 0 aliphatic carbocycles. The number of nitriles is 1. The van der Waals surface area contributed by atoms with Gasteiger partial charge in [-0.3, -0.25) is 15.0 Å². The number of nitrogens with one attached hydrogen (secondary N) is 2. The highest BCUT2D eigenvalue weighted by atomic mass is 16.1. The van der Waals surface area contributed by atoms with Crippen LogP contribution in [0.1, 0.15) is 44.6 Å². The third-order valence-electron chi connectivity index (χ3n) is 4.16. The van der Waals surface area contributed by atoms with Gasteiger partial charge < -0.3 is 0 Å². The van der Waals surface area contributed by atoms with Crippen LogP contribution >= 0.6 is 0 Å². The molecule has 0 radical (unpaired) electrons. The van der Waals surface area contributed by atoms with Crippen molar-refractivity contribution in [3.8, 4) is 11.8 Å². The van der Waals surface area contributed by atoms with Crippen LogP contribution in [-0.2, 0) is 11.8 Å². The summed E-state index contributed by atoms with van der Waals surface area (Å²) in [5.41, 5.74) is 1.95. The molecule has 3 rings (SSSR count). The average Bonchev–Trinajstić information content (AvgIpc) is 3.20. The lowest BCUT2D eigenvalue weighted by Gasteiger charge is -2.16. The van der Waals surface area contributed by atoms with Crippen LogP contribution in [0.15, 0.2) is 45.4 Å². The van der Waals surface area contributed by atoms with Gasteiger partial charge in [-0.15, -0.1) is 10.2 Å². The van der Waals surface area contributed by atoms with E-state index < -0.39 is 0 Å². The Hall–Kier alpha value is -3.47. The Morgan fingerprint density at radius 2 is 1.93 bits per heavy atom. The molecule has 0 saturated heterocycles. The zero-order chi connectivity index (χ0) is 19.6. The SMILES string of the molecule is CCc1[nH]nc(N=Nc2c(C(C)(C)C)[nH]n(-c3ccccc3)c2=O)c1C#N. The number of benzene rings is 1. The first-order valence-corrected chi connectivity index (χ1v) is 8.66. The number of aromatic amines is 2. The number of rotatable bonds is 4. The molecule has 0 saturated carbocycles. The fourth-order valence-electron chi connectivity index (χ4n) is 2.71. The molecule has 138 valence electrons. The van der Waals surface area contributed by atoms with Gasteiger partial charge in [0.25, 0.3) is 5.56 Å². The number of para-hydroxylation sites is 1. The quantitative estimate of drug-likeness (QED) is 0.682. The monoisotopic (exact) mass is 363 g/mol. The van der Waals surface area contributed by atoms with E-state index in [0.29, 0.717) is 29.1 Å². The first-order chi connectivity index (χ1) is 12.9. The van der Waals surface area contributed by atoms with Crippen molar-refractivity contribution >= 4 is 11.5 Å². The van der Waals surface area contributed by atoms with Gasteiger partial charge >= 0.3 is 0 Å². The minimum atomic E-state index is -0.355. The Morgan fingerprint density at radius 3 is 2.52 bits per heavy atom. The zero-order valence-corrected chi connectivity index (χ0v) is 15.7. The van der Waals surface area contributed by atoms with Crippen LogP contribution in [-0.4, -0.2) is 20.0 Å². The highest BCUT2D eigenvalue weighted by Crippen LogP contribution is 2.30. The molecule has 0 bridgehead atoms. The van der Waals surface area contributed by atoms with Gasteiger partial charge in [0, 0.05) is 5.41 Å². The van der Waals surface area contributed by atoms with Gasteiger partial charge in [0.05, 0.1) is 17.1 Å². The molecule has 0 aliphatic heterocycles. The maximum atomic E-state index is 13.0. The lowest BCUT2D eigenvalue weighted by Crippen LogP contribution is -2.14. The predicted octanol–water partition coefficient (Wildman–Crippen LogP) is 4.04. The number of aryl methyl sites for hydroxylation is 1. The van der Waals surface area contributed by atoms with E-state index >= 15 is 0 Å². The van der Waals surface area contributed by atoms with Crippen molar-refractivity contribution in [2.75, 3.05) is 0 Å². The maximum Gasteiger partial charge on any atom is 0.299 e. The topological polar surface area (TPSA) is 115 Å². The van der Waals surface area contributed by atoms with Crippen LogP contribution in [0.2, 0.25) is 0 Å². The summed E-state index contributed by atoms with van der Waals surface area (Å²) in [4.78, 5) is 13.0. The third-order valence-corrected chi connectivity index (χ3v) is 4.16. The number of aromatic nitrogens is 4. The lowest BCUT2D eigenvalue weighted by molar-refractivity contribution is 0.560. The van der Waals surface area contributed by atoms with E-state index in [1.54, 1.807) is 0 Å². The maximum absolute atomic E-state index is 13.0. The summed E-state index contributed by atoms with van der Waals surface area (Å²) in [6.45, 7) is 7.86. The van der Waals surface area contributed by atoms with Crippen LogP contribution < -0.4 is 5.56 Å². The molecule has 0 unspecified atom stereocenters.